The van der Waals surface area contributed by atoms with Crippen molar-refractivity contribution < 1.29 is 0 Å². The van der Waals surface area contributed by atoms with Crippen LogP contribution in [0.4, 0.5) is 5.95 Å². The Morgan fingerprint density at radius 3 is 2.19 bits per heavy atom. The Morgan fingerprint density at radius 1 is 1.19 bits per heavy atom. The van der Waals surface area contributed by atoms with E-state index in [1.54, 1.807) is 0 Å². The Kier molecular flexibility index (Phi) is 4.50. The number of aryl methyl sites for hydroxylation is 2. The van der Waals surface area contributed by atoms with Crippen LogP contribution in [0.15, 0.2) is 6.07 Å². The molecule has 1 aliphatic heterocycles. The first-order valence-electron chi connectivity index (χ1n) is 5.48. The summed E-state index contributed by atoms with van der Waals surface area (Å²) in [6, 6.07) is 2.35. The second kappa shape index (κ2) is 5.46. The molecule has 0 atom stereocenters. The molecule has 1 fully saturated rings. The summed E-state index contributed by atoms with van der Waals surface area (Å²) in [6.07, 6.45) is 2.08. The molecule has 2 heterocycles. The zero-order valence-corrected chi connectivity index (χ0v) is 10.6. The van der Waals surface area contributed by atoms with Crippen molar-refractivity contribution in [1.82, 2.24) is 9.97 Å². The van der Waals surface area contributed by atoms with Gasteiger partial charge in [-0.15, -0.1) is 12.4 Å². The maximum Gasteiger partial charge on any atom is 0.225 e. The number of nitrogens with zero attached hydrogens (tertiary/aromatic N) is 3. The first kappa shape index (κ1) is 13.2. The third-order valence-corrected chi connectivity index (χ3v) is 2.79. The number of hydrogen-bond donors (Lipinski definition) is 1. The molecule has 1 saturated heterocycles. The summed E-state index contributed by atoms with van der Waals surface area (Å²) < 4.78 is 0. The lowest BCUT2D eigenvalue weighted by atomic mass is 10.1. The predicted octanol–water partition coefficient (Wildman–Crippen LogP) is 1.44. The highest BCUT2D eigenvalue weighted by Crippen LogP contribution is 2.15. The molecule has 0 amide bonds. The summed E-state index contributed by atoms with van der Waals surface area (Å²) in [5, 5.41) is 0. The molecule has 1 aliphatic rings. The van der Waals surface area contributed by atoms with Gasteiger partial charge in [-0.3, -0.25) is 0 Å². The summed E-state index contributed by atoms with van der Waals surface area (Å²) in [4.78, 5) is 11.1. The van der Waals surface area contributed by atoms with Crippen LogP contribution in [-0.4, -0.2) is 29.1 Å². The quantitative estimate of drug-likeness (QED) is 0.810. The van der Waals surface area contributed by atoms with Gasteiger partial charge in [0.1, 0.15) is 0 Å². The smallest absolute Gasteiger partial charge is 0.225 e. The molecule has 4 nitrogen and oxygen atoms in total. The van der Waals surface area contributed by atoms with E-state index in [4.69, 9.17) is 5.73 Å². The molecule has 0 bridgehead atoms. The minimum absolute atomic E-state index is 0. The van der Waals surface area contributed by atoms with E-state index in [1.807, 2.05) is 19.9 Å². The Labute approximate surface area is 103 Å². The number of piperidine rings is 1. The molecule has 1 aromatic heterocycles. The van der Waals surface area contributed by atoms with Gasteiger partial charge in [-0.25, -0.2) is 9.97 Å². The van der Waals surface area contributed by atoms with Crippen molar-refractivity contribution in [3.63, 3.8) is 0 Å². The highest BCUT2D eigenvalue weighted by atomic mass is 35.5. The molecule has 0 radical (unpaired) electrons. The highest BCUT2D eigenvalue weighted by molar-refractivity contribution is 5.85. The van der Waals surface area contributed by atoms with Crippen molar-refractivity contribution in [2.45, 2.75) is 32.7 Å². The molecule has 16 heavy (non-hydrogen) atoms. The molecule has 2 N–H and O–H groups in total. The molecular weight excluding hydrogens is 224 g/mol. The Balaban J connectivity index is 0.00000128. The minimum Gasteiger partial charge on any atom is -0.341 e. The SMILES string of the molecule is Cc1cc(C)nc(N2CCC(N)CC2)n1.Cl. The van der Waals surface area contributed by atoms with Crippen LogP contribution < -0.4 is 10.6 Å². The molecule has 2 rings (SSSR count). The van der Waals surface area contributed by atoms with E-state index in [-0.39, 0.29) is 12.4 Å². The van der Waals surface area contributed by atoms with Crippen molar-refractivity contribution in [2.75, 3.05) is 18.0 Å². The summed E-state index contributed by atoms with van der Waals surface area (Å²) in [7, 11) is 0. The van der Waals surface area contributed by atoms with Gasteiger partial charge < -0.3 is 10.6 Å². The van der Waals surface area contributed by atoms with E-state index in [9.17, 15) is 0 Å². The van der Waals surface area contributed by atoms with E-state index in [0.29, 0.717) is 6.04 Å². The van der Waals surface area contributed by atoms with Crippen LogP contribution in [0.5, 0.6) is 0 Å². The number of rotatable bonds is 1. The third-order valence-electron chi connectivity index (χ3n) is 2.79. The zero-order chi connectivity index (χ0) is 10.8. The first-order valence-corrected chi connectivity index (χ1v) is 5.48. The monoisotopic (exact) mass is 242 g/mol. The maximum absolute atomic E-state index is 5.87. The van der Waals surface area contributed by atoms with Gasteiger partial charge in [0.05, 0.1) is 0 Å². The van der Waals surface area contributed by atoms with E-state index >= 15 is 0 Å². The Morgan fingerprint density at radius 2 is 1.69 bits per heavy atom. The van der Waals surface area contributed by atoms with Gasteiger partial charge in [0, 0.05) is 30.5 Å². The molecule has 90 valence electrons. The van der Waals surface area contributed by atoms with Crippen LogP contribution in [-0.2, 0) is 0 Å². The van der Waals surface area contributed by atoms with Gasteiger partial charge in [0.25, 0.3) is 0 Å². The lowest BCUT2D eigenvalue weighted by Gasteiger charge is -2.30. The molecule has 0 unspecified atom stereocenters. The number of halogens is 1. The molecular formula is C11H19ClN4. The normalized spacial score (nSPS) is 17.1. The highest BCUT2D eigenvalue weighted by Gasteiger charge is 2.18. The van der Waals surface area contributed by atoms with Gasteiger partial charge in [-0.1, -0.05) is 0 Å². The molecule has 0 aromatic carbocycles. The Bertz CT molecular complexity index is 328. The van der Waals surface area contributed by atoms with Crippen LogP contribution >= 0.6 is 12.4 Å². The van der Waals surface area contributed by atoms with Gasteiger partial charge in [-0.05, 0) is 32.8 Å². The van der Waals surface area contributed by atoms with Crippen LogP contribution in [0.2, 0.25) is 0 Å². The molecule has 0 spiro atoms. The number of anilines is 1. The number of aromatic nitrogens is 2. The summed E-state index contributed by atoms with van der Waals surface area (Å²) in [5.41, 5.74) is 7.94. The summed E-state index contributed by atoms with van der Waals surface area (Å²) in [5.74, 6) is 0.861. The van der Waals surface area contributed by atoms with Gasteiger partial charge in [0.15, 0.2) is 0 Å². The van der Waals surface area contributed by atoms with Crippen LogP contribution in [0, 0.1) is 13.8 Å². The second-order valence-corrected chi connectivity index (χ2v) is 4.28. The molecule has 5 heteroatoms. The maximum atomic E-state index is 5.87. The standard InChI is InChI=1S/C11H18N4.ClH/c1-8-7-9(2)14-11(13-8)15-5-3-10(12)4-6-15;/h7,10H,3-6,12H2,1-2H3;1H. The summed E-state index contributed by atoms with van der Waals surface area (Å²) in [6.45, 7) is 5.97. The second-order valence-electron chi connectivity index (χ2n) is 4.28. The van der Waals surface area contributed by atoms with E-state index < -0.39 is 0 Å². The number of hydrogen-bond acceptors (Lipinski definition) is 4. The van der Waals surface area contributed by atoms with E-state index in [1.165, 1.54) is 0 Å². The van der Waals surface area contributed by atoms with E-state index in [0.717, 1.165) is 43.3 Å². The van der Waals surface area contributed by atoms with Gasteiger partial charge in [0.2, 0.25) is 5.95 Å². The van der Waals surface area contributed by atoms with Crippen molar-refractivity contribution in [3.8, 4) is 0 Å². The first-order chi connectivity index (χ1) is 7.15. The van der Waals surface area contributed by atoms with Crippen molar-refractivity contribution in [2.24, 2.45) is 5.73 Å². The largest absolute Gasteiger partial charge is 0.341 e. The lowest BCUT2D eigenvalue weighted by molar-refractivity contribution is 0.495. The third kappa shape index (κ3) is 3.06. The van der Waals surface area contributed by atoms with Crippen LogP contribution in [0.1, 0.15) is 24.2 Å². The van der Waals surface area contributed by atoms with Crippen LogP contribution in [0.25, 0.3) is 0 Å². The topological polar surface area (TPSA) is 55.0 Å². The average Bonchev–Trinajstić information content (AvgIpc) is 2.17. The van der Waals surface area contributed by atoms with E-state index in [2.05, 4.69) is 14.9 Å². The van der Waals surface area contributed by atoms with Crippen LogP contribution in [0.3, 0.4) is 0 Å². The predicted molar refractivity (Wildman–Crippen MR) is 68.2 cm³/mol. The fourth-order valence-corrected chi connectivity index (χ4v) is 1.95. The van der Waals surface area contributed by atoms with Crippen molar-refractivity contribution in [3.05, 3.63) is 17.5 Å². The van der Waals surface area contributed by atoms with Gasteiger partial charge in [-0.2, -0.15) is 0 Å². The zero-order valence-electron chi connectivity index (χ0n) is 9.81. The van der Waals surface area contributed by atoms with Gasteiger partial charge >= 0.3 is 0 Å². The minimum atomic E-state index is 0. The Hall–Kier alpha value is -0.870. The lowest BCUT2D eigenvalue weighted by Crippen LogP contribution is -2.40. The number of nitrogens with two attached hydrogens (primary N) is 1. The summed E-state index contributed by atoms with van der Waals surface area (Å²) >= 11 is 0. The van der Waals surface area contributed by atoms with Crippen molar-refractivity contribution >= 4 is 18.4 Å². The fraction of sp³-hybridized carbons (Fsp3) is 0.636. The fourth-order valence-electron chi connectivity index (χ4n) is 1.95. The molecule has 0 aliphatic carbocycles. The molecule has 0 saturated carbocycles. The molecule has 1 aromatic rings. The average molecular weight is 243 g/mol. The van der Waals surface area contributed by atoms with Crippen molar-refractivity contribution in [1.29, 1.82) is 0 Å².